The summed E-state index contributed by atoms with van der Waals surface area (Å²) in [6.45, 7) is 5.89. The quantitative estimate of drug-likeness (QED) is 0.806. The molecule has 0 unspecified atom stereocenters. The average molecular weight is 256 g/mol. The first kappa shape index (κ1) is 14.9. The Morgan fingerprint density at radius 1 is 1.17 bits per heavy atom. The van der Waals surface area contributed by atoms with E-state index in [-0.39, 0.29) is 6.54 Å². The zero-order chi connectivity index (χ0) is 13.5. The van der Waals surface area contributed by atoms with E-state index in [0.717, 1.165) is 18.8 Å². The van der Waals surface area contributed by atoms with Crippen molar-refractivity contribution >= 4 is 5.69 Å². The van der Waals surface area contributed by atoms with Gasteiger partial charge in [0.25, 0.3) is 6.43 Å². The number of alkyl halides is 2. The van der Waals surface area contributed by atoms with Gasteiger partial charge in [0, 0.05) is 19.3 Å². The molecule has 1 aromatic rings. The molecule has 1 N–H and O–H groups in total. The highest BCUT2D eigenvalue weighted by Crippen LogP contribution is 2.14. The lowest BCUT2D eigenvalue weighted by atomic mass is 10.2. The van der Waals surface area contributed by atoms with Crippen LogP contribution in [-0.4, -0.2) is 26.6 Å². The molecule has 0 heterocycles. The molecule has 0 aliphatic carbocycles. The summed E-state index contributed by atoms with van der Waals surface area (Å²) in [6.07, 6.45) is -2.30. The zero-order valence-electron chi connectivity index (χ0n) is 11.3. The maximum Gasteiger partial charge on any atom is 0.255 e. The van der Waals surface area contributed by atoms with Crippen molar-refractivity contribution in [2.24, 2.45) is 5.92 Å². The van der Waals surface area contributed by atoms with Gasteiger partial charge in [0.1, 0.15) is 0 Å². The minimum absolute atomic E-state index is 0.231. The highest BCUT2D eigenvalue weighted by Gasteiger charge is 2.08. The zero-order valence-corrected chi connectivity index (χ0v) is 11.3. The molecule has 1 rings (SSSR count). The highest BCUT2D eigenvalue weighted by molar-refractivity contribution is 5.46. The predicted octanol–water partition coefficient (Wildman–Crippen LogP) is 3.13. The van der Waals surface area contributed by atoms with Gasteiger partial charge in [-0.1, -0.05) is 26.0 Å². The normalized spacial score (nSPS) is 11.3. The second-order valence-electron chi connectivity index (χ2n) is 4.96. The molecule has 0 spiro atoms. The van der Waals surface area contributed by atoms with E-state index >= 15 is 0 Å². The van der Waals surface area contributed by atoms with E-state index in [0.29, 0.717) is 5.92 Å². The number of hydrogen-bond acceptors (Lipinski definition) is 2. The van der Waals surface area contributed by atoms with E-state index in [1.54, 1.807) is 11.9 Å². The minimum Gasteiger partial charge on any atom is -0.369 e. The Hall–Kier alpha value is -1.16. The molecule has 0 aliphatic rings. The summed E-state index contributed by atoms with van der Waals surface area (Å²) in [5.41, 5.74) is 1.99. The highest BCUT2D eigenvalue weighted by atomic mass is 19.3. The van der Waals surface area contributed by atoms with Crippen LogP contribution < -0.4 is 10.2 Å². The first-order valence-corrected chi connectivity index (χ1v) is 6.28. The molecule has 102 valence electrons. The smallest absolute Gasteiger partial charge is 0.255 e. The number of anilines is 1. The SMILES string of the molecule is CC(C)CNCc1ccc(N(C)CC(F)F)cc1. The lowest BCUT2D eigenvalue weighted by molar-refractivity contribution is 0.156. The van der Waals surface area contributed by atoms with Crippen LogP contribution in [0.25, 0.3) is 0 Å². The van der Waals surface area contributed by atoms with Gasteiger partial charge < -0.3 is 10.2 Å². The number of benzene rings is 1. The second kappa shape index (κ2) is 7.31. The molecule has 2 nitrogen and oxygen atoms in total. The summed E-state index contributed by atoms with van der Waals surface area (Å²) in [7, 11) is 1.68. The number of nitrogens with zero attached hydrogens (tertiary/aromatic N) is 1. The Morgan fingerprint density at radius 2 is 1.78 bits per heavy atom. The maximum atomic E-state index is 12.2. The molecule has 0 bridgehead atoms. The average Bonchev–Trinajstić information content (AvgIpc) is 2.28. The third-order valence-corrected chi connectivity index (χ3v) is 2.67. The van der Waals surface area contributed by atoms with Gasteiger partial charge in [-0.05, 0) is 30.2 Å². The number of rotatable bonds is 7. The Bertz CT molecular complexity index is 336. The lowest BCUT2D eigenvalue weighted by Gasteiger charge is -2.19. The van der Waals surface area contributed by atoms with Crippen LogP contribution >= 0.6 is 0 Å². The summed E-state index contributed by atoms with van der Waals surface area (Å²) < 4.78 is 24.5. The summed E-state index contributed by atoms with van der Waals surface area (Å²) in [5, 5.41) is 3.35. The fourth-order valence-electron chi connectivity index (χ4n) is 1.69. The van der Waals surface area contributed by atoms with Crippen LogP contribution in [0.1, 0.15) is 19.4 Å². The van der Waals surface area contributed by atoms with Crippen LogP contribution in [0, 0.1) is 5.92 Å². The molecule has 0 fully saturated rings. The first-order valence-electron chi connectivity index (χ1n) is 6.28. The van der Waals surface area contributed by atoms with Gasteiger partial charge in [0.05, 0.1) is 6.54 Å². The van der Waals surface area contributed by atoms with Gasteiger partial charge >= 0.3 is 0 Å². The lowest BCUT2D eigenvalue weighted by Crippen LogP contribution is -2.24. The second-order valence-corrected chi connectivity index (χ2v) is 4.96. The molecule has 1 aromatic carbocycles. The van der Waals surface area contributed by atoms with E-state index in [4.69, 9.17) is 0 Å². The van der Waals surface area contributed by atoms with Crippen LogP contribution in [0.15, 0.2) is 24.3 Å². The van der Waals surface area contributed by atoms with E-state index in [9.17, 15) is 8.78 Å². The molecule has 4 heteroatoms. The van der Waals surface area contributed by atoms with E-state index < -0.39 is 6.43 Å². The molecule has 0 radical (unpaired) electrons. The van der Waals surface area contributed by atoms with Crippen molar-refractivity contribution in [1.82, 2.24) is 5.32 Å². The van der Waals surface area contributed by atoms with Crippen LogP contribution in [-0.2, 0) is 6.54 Å². The molecular weight excluding hydrogens is 234 g/mol. The molecule has 0 amide bonds. The fraction of sp³-hybridized carbons (Fsp3) is 0.571. The van der Waals surface area contributed by atoms with Crippen LogP contribution in [0.2, 0.25) is 0 Å². The topological polar surface area (TPSA) is 15.3 Å². The van der Waals surface area contributed by atoms with E-state index in [1.807, 2.05) is 24.3 Å². The van der Waals surface area contributed by atoms with Crippen molar-refractivity contribution in [1.29, 1.82) is 0 Å². The fourth-order valence-corrected chi connectivity index (χ4v) is 1.69. The molecule has 0 saturated heterocycles. The van der Waals surface area contributed by atoms with E-state index in [1.165, 1.54) is 5.56 Å². The molecule has 0 aromatic heterocycles. The summed E-state index contributed by atoms with van der Waals surface area (Å²) >= 11 is 0. The number of halogens is 2. The molecular formula is C14H22F2N2. The molecule has 0 saturated carbocycles. The van der Waals surface area contributed by atoms with Gasteiger partial charge in [-0.15, -0.1) is 0 Å². The summed E-state index contributed by atoms with van der Waals surface area (Å²) in [6, 6.07) is 7.72. The van der Waals surface area contributed by atoms with Crippen molar-refractivity contribution in [3.63, 3.8) is 0 Å². The van der Waals surface area contributed by atoms with Crippen molar-refractivity contribution < 1.29 is 8.78 Å². The molecule has 0 atom stereocenters. The number of hydrogen-bond donors (Lipinski definition) is 1. The monoisotopic (exact) mass is 256 g/mol. The Kier molecular flexibility index (Phi) is 6.05. The Labute approximate surface area is 108 Å². The van der Waals surface area contributed by atoms with Crippen LogP contribution in [0.4, 0.5) is 14.5 Å². The summed E-state index contributed by atoms with van der Waals surface area (Å²) in [5.74, 6) is 0.626. The predicted molar refractivity (Wildman–Crippen MR) is 72.3 cm³/mol. The molecule has 0 aliphatic heterocycles. The Morgan fingerprint density at radius 3 is 2.28 bits per heavy atom. The standard InChI is InChI=1S/C14H22F2N2/c1-11(2)8-17-9-12-4-6-13(7-5-12)18(3)10-14(15)16/h4-7,11,14,17H,8-10H2,1-3H3. The van der Waals surface area contributed by atoms with Crippen molar-refractivity contribution in [2.75, 3.05) is 25.0 Å². The third kappa shape index (κ3) is 5.45. The maximum absolute atomic E-state index is 12.2. The van der Waals surface area contributed by atoms with Gasteiger partial charge in [-0.2, -0.15) is 0 Å². The Balaban J connectivity index is 2.46. The van der Waals surface area contributed by atoms with Crippen molar-refractivity contribution in [2.45, 2.75) is 26.8 Å². The van der Waals surface area contributed by atoms with Crippen molar-refractivity contribution in [3.8, 4) is 0 Å². The third-order valence-electron chi connectivity index (χ3n) is 2.67. The van der Waals surface area contributed by atoms with E-state index in [2.05, 4.69) is 19.2 Å². The minimum atomic E-state index is -2.30. The largest absolute Gasteiger partial charge is 0.369 e. The first-order chi connectivity index (χ1) is 8.49. The summed E-state index contributed by atoms with van der Waals surface area (Å²) in [4.78, 5) is 1.57. The van der Waals surface area contributed by atoms with Crippen LogP contribution in [0.3, 0.4) is 0 Å². The van der Waals surface area contributed by atoms with Crippen molar-refractivity contribution in [3.05, 3.63) is 29.8 Å². The van der Waals surface area contributed by atoms with Gasteiger partial charge in [0.15, 0.2) is 0 Å². The van der Waals surface area contributed by atoms with Gasteiger partial charge in [-0.3, -0.25) is 0 Å². The van der Waals surface area contributed by atoms with Gasteiger partial charge in [0.2, 0.25) is 0 Å². The van der Waals surface area contributed by atoms with Crippen LogP contribution in [0.5, 0.6) is 0 Å². The van der Waals surface area contributed by atoms with Gasteiger partial charge in [-0.25, -0.2) is 8.78 Å². The number of nitrogens with one attached hydrogen (secondary N) is 1. The molecule has 18 heavy (non-hydrogen) atoms.